The van der Waals surface area contributed by atoms with Gasteiger partial charge in [0.1, 0.15) is 0 Å². The van der Waals surface area contributed by atoms with Crippen molar-refractivity contribution in [3.05, 3.63) is 41.0 Å². The predicted molar refractivity (Wildman–Crippen MR) is 112 cm³/mol. The summed E-state index contributed by atoms with van der Waals surface area (Å²) in [6.45, 7) is 7.03. The second-order valence-electron chi connectivity index (χ2n) is 7.70. The van der Waals surface area contributed by atoms with Gasteiger partial charge in [-0.1, -0.05) is 13.3 Å². The largest absolute Gasteiger partial charge is 0.462 e. The SMILES string of the molecule is CCCCOc1nc(N)c2ncc(Cc3cc(C)c(C4CCNCC4)cn3)n2n1. The van der Waals surface area contributed by atoms with E-state index in [2.05, 4.69) is 40.3 Å². The number of hydrogen-bond acceptors (Lipinski definition) is 7. The highest BCUT2D eigenvalue weighted by atomic mass is 16.5. The predicted octanol–water partition coefficient (Wildman–Crippen LogP) is 2.65. The number of fused-ring (bicyclic) bond motifs is 1. The molecule has 0 saturated carbocycles. The summed E-state index contributed by atoms with van der Waals surface area (Å²) in [5.74, 6) is 0.923. The van der Waals surface area contributed by atoms with Crippen molar-refractivity contribution in [3.8, 4) is 6.01 Å². The third-order valence-corrected chi connectivity index (χ3v) is 5.52. The van der Waals surface area contributed by atoms with Crippen molar-refractivity contribution in [1.29, 1.82) is 0 Å². The fourth-order valence-electron chi connectivity index (χ4n) is 3.89. The maximum Gasteiger partial charge on any atom is 0.336 e. The zero-order valence-electron chi connectivity index (χ0n) is 17.2. The highest BCUT2D eigenvalue weighted by Crippen LogP contribution is 2.28. The summed E-state index contributed by atoms with van der Waals surface area (Å²) in [6, 6.07) is 2.47. The fraction of sp³-hybridized carbons (Fsp3) is 0.524. The number of rotatable bonds is 7. The summed E-state index contributed by atoms with van der Waals surface area (Å²) in [6.07, 6.45) is 8.80. The molecule has 4 heterocycles. The monoisotopic (exact) mass is 395 g/mol. The molecule has 0 aromatic carbocycles. The van der Waals surface area contributed by atoms with Crippen molar-refractivity contribution in [2.75, 3.05) is 25.4 Å². The van der Waals surface area contributed by atoms with Crippen LogP contribution in [0.15, 0.2) is 18.5 Å². The van der Waals surface area contributed by atoms with Gasteiger partial charge in [-0.3, -0.25) is 4.98 Å². The lowest BCUT2D eigenvalue weighted by molar-refractivity contribution is 0.280. The smallest absolute Gasteiger partial charge is 0.336 e. The van der Waals surface area contributed by atoms with Gasteiger partial charge in [-0.2, -0.15) is 4.98 Å². The quantitative estimate of drug-likeness (QED) is 0.593. The maximum absolute atomic E-state index is 6.06. The molecule has 1 aliphatic rings. The zero-order valence-corrected chi connectivity index (χ0v) is 17.2. The average molecular weight is 396 g/mol. The minimum absolute atomic E-state index is 0.285. The lowest BCUT2D eigenvalue weighted by Crippen LogP contribution is -2.27. The maximum atomic E-state index is 6.06. The number of aromatic nitrogens is 5. The second kappa shape index (κ2) is 8.73. The molecular weight excluding hydrogens is 366 g/mol. The van der Waals surface area contributed by atoms with E-state index in [1.165, 1.54) is 24.0 Å². The van der Waals surface area contributed by atoms with E-state index in [9.17, 15) is 0 Å². The highest BCUT2D eigenvalue weighted by Gasteiger charge is 2.18. The Bertz CT molecular complexity index is 979. The van der Waals surface area contributed by atoms with E-state index in [0.717, 1.165) is 37.3 Å². The first-order chi connectivity index (χ1) is 14.2. The Morgan fingerprint density at radius 3 is 2.83 bits per heavy atom. The molecule has 3 N–H and O–H groups in total. The van der Waals surface area contributed by atoms with Crippen molar-refractivity contribution < 1.29 is 4.74 Å². The van der Waals surface area contributed by atoms with Crippen LogP contribution in [0.1, 0.15) is 61.0 Å². The molecule has 3 aromatic heterocycles. The molecule has 4 rings (SSSR count). The summed E-state index contributed by atoms with van der Waals surface area (Å²) in [5, 5.41) is 7.91. The van der Waals surface area contributed by atoms with Gasteiger partial charge in [-0.05, 0) is 62.4 Å². The number of nitrogens with zero attached hydrogens (tertiary/aromatic N) is 5. The highest BCUT2D eigenvalue weighted by molar-refractivity contribution is 5.59. The average Bonchev–Trinajstić information content (AvgIpc) is 3.12. The van der Waals surface area contributed by atoms with Gasteiger partial charge in [0, 0.05) is 18.3 Å². The number of nitrogen functional groups attached to an aromatic ring is 1. The first-order valence-corrected chi connectivity index (χ1v) is 10.4. The lowest BCUT2D eigenvalue weighted by Gasteiger charge is -2.24. The van der Waals surface area contributed by atoms with Crippen LogP contribution in [0.5, 0.6) is 6.01 Å². The topological polar surface area (TPSA) is 103 Å². The minimum Gasteiger partial charge on any atom is -0.462 e. The van der Waals surface area contributed by atoms with Crippen molar-refractivity contribution in [2.24, 2.45) is 0 Å². The van der Waals surface area contributed by atoms with E-state index >= 15 is 0 Å². The zero-order chi connectivity index (χ0) is 20.2. The molecule has 0 aliphatic carbocycles. The number of imidazole rings is 1. The van der Waals surface area contributed by atoms with E-state index in [1.54, 1.807) is 10.7 Å². The fourth-order valence-corrected chi connectivity index (χ4v) is 3.89. The standard InChI is InChI=1S/C21H29N7O/c1-3-4-9-29-21-26-19(22)20-25-12-17(28(20)27-21)11-16-10-14(2)18(13-24-16)15-5-7-23-8-6-15/h10,12-13,15,23H,3-9,11H2,1-2H3,(H2,22,26,27). The number of piperidine rings is 1. The normalized spacial score (nSPS) is 15.1. The second-order valence-corrected chi connectivity index (χ2v) is 7.70. The lowest BCUT2D eigenvalue weighted by atomic mass is 9.88. The summed E-state index contributed by atoms with van der Waals surface area (Å²) in [7, 11) is 0. The Kier molecular flexibility index (Phi) is 5.89. The number of nitrogens with one attached hydrogen (secondary N) is 1. The molecule has 8 heteroatoms. The van der Waals surface area contributed by atoms with Crippen LogP contribution in [0.2, 0.25) is 0 Å². The first kappa shape index (κ1) is 19.6. The number of ether oxygens (including phenoxy) is 1. The summed E-state index contributed by atoms with van der Waals surface area (Å²) in [5.41, 5.74) is 11.2. The molecular formula is C21H29N7O. The van der Waals surface area contributed by atoms with Crippen LogP contribution in [-0.4, -0.2) is 44.3 Å². The molecule has 0 bridgehead atoms. The van der Waals surface area contributed by atoms with Crippen LogP contribution < -0.4 is 15.8 Å². The third-order valence-electron chi connectivity index (χ3n) is 5.52. The Labute approximate surface area is 170 Å². The molecule has 3 aromatic rings. The van der Waals surface area contributed by atoms with Crippen LogP contribution in [0.3, 0.4) is 0 Å². The number of hydrogen-bond donors (Lipinski definition) is 2. The molecule has 0 atom stereocenters. The van der Waals surface area contributed by atoms with Gasteiger partial charge in [-0.25, -0.2) is 9.50 Å². The molecule has 1 aliphatic heterocycles. The van der Waals surface area contributed by atoms with E-state index in [4.69, 9.17) is 15.5 Å². The van der Waals surface area contributed by atoms with Crippen LogP contribution in [0, 0.1) is 6.92 Å². The first-order valence-electron chi connectivity index (χ1n) is 10.4. The Morgan fingerprint density at radius 1 is 1.24 bits per heavy atom. The molecule has 1 saturated heterocycles. The number of anilines is 1. The molecule has 0 amide bonds. The Balaban J connectivity index is 1.56. The number of nitrogens with two attached hydrogens (primary N) is 1. The molecule has 0 spiro atoms. The van der Waals surface area contributed by atoms with Gasteiger partial charge < -0.3 is 15.8 Å². The van der Waals surface area contributed by atoms with Crippen LogP contribution in [-0.2, 0) is 6.42 Å². The Morgan fingerprint density at radius 2 is 2.07 bits per heavy atom. The minimum atomic E-state index is 0.285. The van der Waals surface area contributed by atoms with E-state index < -0.39 is 0 Å². The van der Waals surface area contributed by atoms with Gasteiger partial charge in [0.15, 0.2) is 11.5 Å². The van der Waals surface area contributed by atoms with E-state index in [1.807, 2.05) is 6.20 Å². The van der Waals surface area contributed by atoms with Gasteiger partial charge in [0.2, 0.25) is 0 Å². The van der Waals surface area contributed by atoms with Gasteiger partial charge in [0.25, 0.3) is 0 Å². The molecule has 29 heavy (non-hydrogen) atoms. The van der Waals surface area contributed by atoms with Crippen LogP contribution in [0.4, 0.5) is 5.82 Å². The molecule has 154 valence electrons. The van der Waals surface area contributed by atoms with E-state index in [0.29, 0.717) is 30.4 Å². The molecule has 0 radical (unpaired) electrons. The Hall–Kier alpha value is -2.74. The summed E-state index contributed by atoms with van der Waals surface area (Å²) >= 11 is 0. The van der Waals surface area contributed by atoms with Gasteiger partial charge in [-0.15, -0.1) is 5.10 Å². The summed E-state index contributed by atoms with van der Waals surface area (Å²) in [4.78, 5) is 13.3. The number of aryl methyl sites for hydroxylation is 1. The van der Waals surface area contributed by atoms with Gasteiger partial charge >= 0.3 is 6.01 Å². The van der Waals surface area contributed by atoms with Crippen molar-refractivity contribution in [3.63, 3.8) is 0 Å². The number of pyridine rings is 1. The molecule has 8 nitrogen and oxygen atoms in total. The van der Waals surface area contributed by atoms with Crippen molar-refractivity contribution in [1.82, 2.24) is 29.9 Å². The summed E-state index contributed by atoms with van der Waals surface area (Å²) < 4.78 is 7.36. The van der Waals surface area contributed by atoms with E-state index in [-0.39, 0.29) is 6.01 Å². The van der Waals surface area contributed by atoms with Crippen molar-refractivity contribution >= 4 is 11.5 Å². The molecule has 1 fully saturated rings. The van der Waals surface area contributed by atoms with Crippen LogP contribution >= 0.6 is 0 Å². The molecule has 0 unspecified atom stereocenters. The third kappa shape index (κ3) is 4.32. The van der Waals surface area contributed by atoms with Crippen LogP contribution in [0.25, 0.3) is 5.65 Å². The van der Waals surface area contributed by atoms with Crippen molar-refractivity contribution in [2.45, 2.75) is 51.9 Å². The number of unbranched alkanes of at least 4 members (excludes halogenated alkanes) is 1. The van der Waals surface area contributed by atoms with Gasteiger partial charge in [0.05, 0.1) is 18.5 Å².